The molecule has 2 aromatic rings. The smallest absolute Gasteiger partial charge is 0.250 e. The van der Waals surface area contributed by atoms with Crippen molar-refractivity contribution in [1.29, 1.82) is 0 Å². The molecule has 1 heterocycles. The summed E-state index contributed by atoms with van der Waals surface area (Å²) >= 11 is 13.1. The Balaban J connectivity index is 1.85. The van der Waals surface area contributed by atoms with Gasteiger partial charge >= 0.3 is 0 Å². The summed E-state index contributed by atoms with van der Waals surface area (Å²) in [5.74, 6) is -0.133. The van der Waals surface area contributed by atoms with Gasteiger partial charge in [0.15, 0.2) is 0 Å². The highest BCUT2D eigenvalue weighted by Gasteiger charge is 2.07. The highest BCUT2D eigenvalue weighted by Crippen LogP contribution is 2.24. The molecule has 0 unspecified atom stereocenters. The van der Waals surface area contributed by atoms with Crippen LogP contribution in [0.1, 0.15) is 5.56 Å². The van der Waals surface area contributed by atoms with Crippen LogP contribution in [-0.2, 0) is 11.8 Å². The van der Waals surface area contributed by atoms with Crippen LogP contribution in [0.3, 0.4) is 0 Å². The predicted molar refractivity (Wildman–Crippen MR) is 81.7 cm³/mol. The third kappa shape index (κ3) is 4.42. The van der Waals surface area contributed by atoms with E-state index in [9.17, 15) is 4.79 Å². The number of aromatic nitrogens is 4. The van der Waals surface area contributed by atoms with E-state index in [-0.39, 0.29) is 11.7 Å². The Morgan fingerprint density at radius 2 is 2.33 bits per heavy atom. The Morgan fingerprint density at radius 1 is 1.52 bits per heavy atom. The van der Waals surface area contributed by atoms with Crippen molar-refractivity contribution in [3.05, 3.63) is 33.8 Å². The molecule has 0 bridgehead atoms. The number of halogens is 2. The third-order valence-corrected chi connectivity index (χ3v) is 4.13. The van der Waals surface area contributed by atoms with E-state index in [2.05, 4.69) is 26.1 Å². The quantitative estimate of drug-likeness (QED) is 0.507. The van der Waals surface area contributed by atoms with Crippen LogP contribution in [0.4, 0.5) is 0 Å². The zero-order chi connectivity index (χ0) is 15.2. The van der Waals surface area contributed by atoms with Crippen molar-refractivity contribution in [2.45, 2.75) is 5.16 Å². The third-order valence-electron chi connectivity index (χ3n) is 2.29. The van der Waals surface area contributed by atoms with Crippen molar-refractivity contribution < 1.29 is 4.79 Å². The van der Waals surface area contributed by atoms with Crippen molar-refractivity contribution in [2.24, 2.45) is 12.1 Å². The molecular weight excluding hydrogens is 335 g/mol. The molecule has 0 saturated carbocycles. The maximum absolute atomic E-state index is 11.6. The van der Waals surface area contributed by atoms with Gasteiger partial charge in [0.2, 0.25) is 5.16 Å². The number of carbonyl (C=O) groups is 1. The van der Waals surface area contributed by atoms with Crippen molar-refractivity contribution in [3.63, 3.8) is 0 Å². The van der Waals surface area contributed by atoms with Gasteiger partial charge in [0.05, 0.1) is 22.0 Å². The summed E-state index contributed by atoms with van der Waals surface area (Å²) in [4.78, 5) is 11.6. The summed E-state index contributed by atoms with van der Waals surface area (Å²) in [6.07, 6.45) is 1.43. The average Bonchev–Trinajstić information content (AvgIpc) is 2.87. The zero-order valence-corrected chi connectivity index (χ0v) is 13.2. The minimum Gasteiger partial charge on any atom is -0.272 e. The van der Waals surface area contributed by atoms with Gasteiger partial charge in [-0.05, 0) is 16.5 Å². The Hall–Kier alpha value is -1.64. The van der Waals surface area contributed by atoms with Crippen molar-refractivity contribution in [3.8, 4) is 0 Å². The summed E-state index contributed by atoms with van der Waals surface area (Å²) in [5, 5.41) is 16.1. The predicted octanol–water partition coefficient (Wildman–Crippen LogP) is 1.76. The number of carbonyl (C=O) groups excluding carboxylic acids is 1. The van der Waals surface area contributed by atoms with Gasteiger partial charge in [0, 0.05) is 12.6 Å². The van der Waals surface area contributed by atoms with Gasteiger partial charge in [0.25, 0.3) is 5.91 Å². The summed E-state index contributed by atoms with van der Waals surface area (Å²) in [5.41, 5.74) is 3.01. The second-order valence-electron chi connectivity index (χ2n) is 3.81. The van der Waals surface area contributed by atoms with Gasteiger partial charge in [-0.2, -0.15) is 5.10 Å². The van der Waals surface area contributed by atoms with Crippen LogP contribution < -0.4 is 5.43 Å². The first-order valence-corrected chi connectivity index (χ1v) is 7.43. The van der Waals surface area contributed by atoms with Crippen LogP contribution in [0.2, 0.25) is 10.0 Å². The van der Waals surface area contributed by atoms with Gasteiger partial charge in [-0.3, -0.25) is 4.79 Å². The number of rotatable bonds is 5. The SMILES string of the molecule is Cn1nnnc1SCC(=O)N/N=C/c1cccc(Cl)c1Cl. The highest BCUT2D eigenvalue weighted by atomic mass is 35.5. The van der Waals surface area contributed by atoms with Crippen LogP contribution in [0.5, 0.6) is 0 Å². The molecule has 2 rings (SSSR count). The summed E-state index contributed by atoms with van der Waals surface area (Å²) in [7, 11) is 1.69. The fraction of sp³-hybridized carbons (Fsp3) is 0.182. The van der Waals surface area contributed by atoms with Gasteiger partial charge in [-0.15, -0.1) is 5.10 Å². The molecule has 1 amide bonds. The van der Waals surface area contributed by atoms with E-state index in [0.29, 0.717) is 20.8 Å². The molecule has 1 N–H and O–H groups in total. The first kappa shape index (κ1) is 15.7. The van der Waals surface area contributed by atoms with Crippen molar-refractivity contribution in [1.82, 2.24) is 25.6 Å². The summed E-state index contributed by atoms with van der Waals surface area (Å²) in [6, 6.07) is 5.16. The zero-order valence-electron chi connectivity index (χ0n) is 10.8. The van der Waals surface area contributed by atoms with Crippen molar-refractivity contribution in [2.75, 3.05) is 5.75 Å². The van der Waals surface area contributed by atoms with E-state index in [4.69, 9.17) is 23.2 Å². The maximum Gasteiger partial charge on any atom is 0.250 e. The number of hydrogen-bond acceptors (Lipinski definition) is 6. The van der Waals surface area contributed by atoms with Crippen LogP contribution >= 0.6 is 35.0 Å². The number of benzene rings is 1. The molecule has 0 fully saturated rings. The van der Waals surface area contributed by atoms with E-state index >= 15 is 0 Å². The lowest BCUT2D eigenvalue weighted by atomic mass is 10.2. The van der Waals surface area contributed by atoms with E-state index in [1.54, 1.807) is 25.2 Å². The Kier molecular flexibility index (Phi) is 5.54. The number of thioether (sulfide) groups is 1. The molecule has 10 heteroatoms. The molecule has 21 heavy (non-hydrogen) atoms. The Morgan fingerprint density at radius 3 is 3.05 bits per heavy atom. The molecule has 1 aromatic carbocycles. The molecular formula is C11H10Cl2N6OS. The van der Waals surface area contributed by atoms with E-state index in [1.165, 1.54) is 22.7 Å². The van der Waals surface area contributed by atoms with Gasteiger partial charge in [-0.1, -0.05) is 47.1 Å². The monoisotopic (exact) mass is 344 g/mol. The van der Waals surface area contributed by atoms with Crippen LogP contribution in [0.15, 0.2) is 28.5 Å². The standard InChI is InChI=1S/C11H10Cl2N6OS/c1-19-11(16-17-18-19)21-6-9(20)15-14-5-7-3-2-4-8(12)10(7)13/h2-5H,6H2,1H3,(H,15,20)/b14-5+. The first-order valence-electron chi connectivity index (χ1n) is 5.69. The number of aryl methyl sites for hydroxylation is 1. The van der Waals surface area contributed by atoms with Gasteiger partial charge in [0.1, 0.15) is 0 Å². The highest BCUT2D eigenvalue weighted by molar-refractivity contribution is 7.99. The first-order chi connectivity index (χ1) is 10.1. The largest absolute Gasteiger partial charge is 0.272 e. The topological polar surface area (TPSA) is 85.1 Å². The Bertz CT molecular complexity index is 674. The molecule has 0 saturated heterocycles. The normalized spacial score (nSPS) is 11.0. The number of nitrogens with one attached hydrogen (secondary N) is 1. The molecule has 1 aromatic heterocycles. The van der Waals surface area contributed by atoms with Crippen LogP contribution in [-0.4, -0.2) is 38.1 Å². The maximum atomic E-state index is 11.6. The van der Waals surface area contributed by atoms with Crippen molar-refractivity contribution >= 4 is 47.1 Å². The molecule has 0 spiro atoms. The van der Waals surface area contributed by atoms with Crippen LogP contribution in [0.25, 0.3) is 0 Å². The fourth-order valence-corrected chi connectivity index (χ4v) is 2.30. The molecule has 7 nitrogen and oxygen atoms in total. The molecule has 0 aliphatic rings. The molecule has 110 valence electrons. The minimum atomic E-state index is -0.280. The Labute approximate surface area is 134 Å². The molecule has 0 radical (unpaired) electrons. The second kappa shape index (κ2) is 7.39. The number of tetrazole rings is 1. The van der Waals surface area contributed by atoms with Gasteiger partial charge in [-0.25, -0.2) is 10.1 Å². The molecule has 0 aliphatic heterocycles. The number of nitrogens with zero attached hydrogens (tertiary/aromatic N) is 5. The van der Waals surface area contributed by atoms with E-state index in [1.807, 2.05) is 0 Å². The van der Waals surface area contributed by atoms with Gasteiger partial charge < -0.3 is 0 Å². The molecule has 0 aliphatic carbocycles. The number of hydrazone groups is 1. The summed E-state index contributed by atoms with van der Waals surface area (Å²) < 4.78 is 1.48. The van der Waals surface area contributed by atoms with Crippen LogP contribution in [0, 0.1) is 0 Å². The minimum absolute atomic E-state index is 0.148. The van der Waals surface area contributed by atoms with E-state index < -0.39 is 0 Å². The summed E-state index contributed by atoms with van der Waals surface area (Å²) in [6.45, 7) is 0. The second-order valence-corrected chi connectivity index (χ2v) is 5.54. The number of hydrogen-bond donors (Lipinski definition) is 1. The molecule has 0 atom stereocenters. The van der Waals surface area contributed by atoms with E-state index in [0.717, 1.165) is 0 Å². The number of amides is 1. The lowest BCUT2D eigenvalue weighted by Crippen LogP contribution is -2.20. The lowest BCUT2D eigenvalue weighted by Gasteiger charge is -2.01. The lowest BCUT2D eigenvalue weighted by molar-refractivity contribution is -0.118. The average molecular weight is 345 g/mol. The fourth-order valence-electron chi connectivity index (χ4n) is 1.30.